The zero-order valence-corrected chi connectivity index (χ0v) is 25.7. The Morgan fingerprint density at radius 1 is 0.929 bits per heavy atom. The molecule has 224 valence electrons. The minimum absolute atomic E-state index is 0.00603. The van der Waals surface area contributed by atoms with Crippen LogP contribution in [0.25, 0.3) is 0 Å². The van der Waals surface area contributed by atoms with Crippen LogP contribution in [0.5, 0.6) is 11.5 Å². The maximum atomic E-state index is 14.2. The van der Waals surface area contributed by atoms with Crippen molar-refractivity contribution < 1.29 is 27.5 Å². The summed E-state index contributed by atoms with van der Waals surface area (Å²) in [5, 5.41) is 3.55. The van der Waals surface area contributed by atoms with Gasteiger partial charge in [0.05, 0.1) is 21.5 Å². The maximum Gasteiger partial charge on any atom is 0.244 e. The Bertz CT molecular complexity index is 1520. The number of rotatable bonds is 13. The number of benzene rings is 3. The predicted octanol–water partition coefficient (Wildman–Crippen LogP) is 5.04. The number of nitrogens with zero attached hydrogens (tertiary/aromatic N) is 2. The summed E-state index contributed by atoms with van der Waals surface area (Å²) in [6, 6.07) is 18.1. The van der Waals surface area contributed by atoms with Crippen molar-refractivity contribution in [2.75, 3.05) is 29.9 Å². The van der Waals surface area contributed by atoms with Crippen LogP contribution >= 0.6 is 23.2 Å². The number of carbonyl (C=O) groups excluding carboxylic acids is 2. The van der Waals surface area contributed by atoms with Gasteiger partial charge >= 0.3 is 0 Å². The van der Waals surface area contributed by atoms with E-state index in [2.05, 4.69) is 5.32 Å². The molecule has 0 radical (unpaired) electrons. The van der Waals surface area contributed by atoms with Crippen LogP contribution in [-0.4, -0.2) is 56.8 Å². The minimum Gasteiger partial charge on any atom is -0.454 e. The molecule has 1 atom stereocenters. The first-order valence-corrected chi connectivity index (χ1v) is 15.9. The molecule has 12 heteroatoms. The van der Waals surface area contributed by atoms with Crippen molar-refractivity contribution in [3.8, 4) is 11.5 Å². The average Bonchev–Trinajstić information content (AvgIpc) is 3.46. The summed E-state index contributed by atoms with van der Waals surface area (Å²) in [6.45, 7) is 3.33. The molecule has 3 aromatic carbocycles. The molecule has 1 aliphatic heterocycles. The standard InChI is InChI=1S/C30H33Cl2N3O6S/c1-3-14-33-30(37)26(16-21-8-6-5-7-9-21)34(18-22-10-12-24(31)25(32)15-22)29(36)19-35(42(38,39)4-2)23-11-13-27-28(17-23)41-20-40-27/h5-13,15,17,26H,3-4,14,16,18-20H2,1-2H3,(H,33,37)/t26-/m0/s1. The molecule has 0 bridgehead atoms. The van der Waals surface area contributed by atoms with Crippen LogP contribution in [-0.2, 0) is 32.6 Å². The topological polar surface area (TPSA) is 105 Å². The third-order valence-corrected chi connectivity index (χ3v) is 9.26. The molecular formula is C30H33Cl2N3O6S. The number of fused-ring (bicyclic) bond motifs is 1. The van der Waals surface area contributed by atoms with Crippen LogP contribution in [0, 0.1) is 0 Å². The van der Waals surface area contributed by atoms with E-state index in [1.165, 1.54) is 17.9 Å². The highest BCUT2D eigenvalue weighted by molar-refractivity contribution is 7.92. The van der Waals surface area contributed by atoms with E-state index in [4.69, 9.17) is 32.7 Å². The Hall–Kier alpha value is -3.47. The van der Waals surface area contributed by atoms with Gasteiger partial charge in [0, 0.05) is 25.6 Å². The second-order valence-electron chi connectivity index (χ2n) is 9.71. The van der Waals surface area contributed by atoms with Crippen molar-refractivity contribution in [3.05, 3.63) is 87.9 Å². The Balaban J connectivity index is 1.75. The summed E-state index contributed by atoms with van der Waals surface area (Å²) >= 11 is 12.4. The van der Waals surface area contributed by atoms with Gasteiger partial charge in [-0.3, -0.25) is 13.9 Å². The highest BCUT2D eigenvalue weighted by atomic mass is 35.5. The number of ether oxygens (including phenoxy) is 2. The zero-order chi connectivity index (χ0) is 30.3. The molecular weight excluding hydrogens is 601 g/mol. The van der Waals surface area contributed by atoms with Gasteiger partial charge in [0.2, 0.25) is 28.6 Å². The monoisotopic (exact) mass is 633 g/mol. The molecule has 4 rings (SSSR count). The first-order chi connectivity index (χ1) is 20.1. The number of halogens is 2. The van der Waals surface area contributed by atoms with Crippen molar-refractivity contribution in [2.45, 2.75) is 39.3 Å². The third-order valence-electron chi connectivity index (χ3n) is 6.78. The van der Waals surface area contributed by atoms with Crippen LogP contribution in [0.4, 0.5) is 5.69 Å². The lowest BCUT2D eigenvalue weighted by molar-refractivity contribution is -0.140. The second-order valence-corrected chi connectivity index (χ2v) is 12.7. The van der Waals surface area contributed by atoms with Crippen molar-refractivity contribution in [1.82, 2.24) is 10.2 Å². The average molecular weight is 635 g/mol. The van der Waals surface area contributed by atoms with E-state index in [9.17, 15) is 18.0 Å². The molecule has 0 saturated carbocycles. The van der Waals surface area contributed by atoms with Crippen LogP contribution in [0.1, 0.15) is 31.4 Å². The van der Waals surface area contributed by atoms with Gasteiger partial charge in [0.25, 0.3) is 0 Å². The summed E-state index contributed by atoms with van der Waals surface area (Å²) in [5.74, 6) is -0.294. The van der Waals surface area contributed by atoms with Crippen molar-refractivity contribution >= 4 is 50.7 Å². The van der Waals surface area contributed by atoms with E-state index in [-0.39, 0.29) is 37.1 Å². The van der Waals surface area contributed by atoms with Gasteiger partial charge in [-0.1, -0.05) is 66.5 Å². The number of carbonyl (C=O) groups is 2. The minimum atomic E-state index is -3.91. The molecule has 42 heavy (non-hydrogen) atoms. The molecule has 0 unspecified atom stereocenters. The molecule has 1 N–H and O–H groups in total. The predicted molar refractivity (Wildman–Crippen MR) is 164 cm³/mol. The second kappa shape index (κ2) is 14.1. The Kier molecular flexibility index (Phi) is 10.6. The molecule has 0 aromatic heterocycles. The fourth-order valence-corrected chi connectivity index (χ4v) is 5.89. The lowest BCUT2D eigenvalue weighted by Crippen LogP contribution is -2.53. The number of hydrogen-bond donors (Lipinski definition) is 1. The van der Waals surface area contributed by atoms with E-state index in [0.29, 0.717) is 40.1 Å². The maximum absolute atomic E-state index is 14.2. The Labute approximate surface area is 256 Å². The molecule has 0 aliphatic carbocycles. The van der Waals surface area contributed by atoms with Gasteiger partial charge in [-0.25, -0.2) is 8.42 Å². The number of nitrogens with one attached hydrogen (secondary N) is 1. The van der Waals surface area contributed by atoms with E-state index in [0.717, 1.165) is 9.87 Å². The molecule has 9 nitrogen and oxygen atoms in total. The highest BCUT2D eigenvalue weighted by Crippen LogP contribution is 2.36. The Morgan fingerprint density at radius 2 is 1.67 bits per heavy atom. The third kappa shape index (κ3) is 7.67. The summed E-state index contributed by atoms with van der Waals surface area (Å²) in [7, 11) is -3.91. The van der Waals surface area contributed by atoms with Crippen LogP contribution < -0.4 is 19.1 Å². The summed E-state index contributed by atoms with van der Waals surface area (Å²) in [4.78, 5) is 29.2. The van der Waals surface area contributed by atoms with E-state index < -0.39 is 28.5 Å². The first-order valence-electron chi connectivity index (χ1n) is 13.6. The van der Waals surface area contributed by atoms with Gasteiger partial charge in [-0.05, 0) is 48.7 Å². The van der Waals surface area contributed by atoms with E-state index in [1.54, 1.807) is 30.3 Å². The van der Waals surface area contributed by atoms with Crippen molar-refractivity contribution in [3.63, 3.8) is 0 Å². The fraction of sp³-hybridized carbons (Fsp3) is 0.333. The number of sulfonamides is 1. The lowest BCUT2D eigenvalue weighted by Gasteiger charge is -2.34. The molecule has 0 fully saturated rings. The summed E-state index contributed by atoms with van der Waals surface area (Å²) in [5.41, 5.74) is 1.72. The molecule has 1 aliphatic rings. The van der Waals surface area contributed by atoms with E-state index in [1.807, 2.05) is 37.3 Å². The van der Waals surface area contributed by atoms with Gasteiger partial charge in [0.15, 0.2) is 11.5 Å². The first kappa shape index (κ1) is 31.5. The molecule has 0 spiro atoms. The zero-order valence-electron chi connectivity index (χ0n) is 23.4. The SMILES string of the molecule is CCCNC(=O)[C@H](Cc1ccccc1)N(Cc1ccc(Cl)c(Cl)c1)C(=O)CN(c1ccc2c(c1)OCO2)S(=O)(=O)CC. The number of amides is 2. The van der Waals surface area contributed by atoms with Crippen LogP contribution in [0.15, 0.2) is 66.7 Å². The number of hydrogen-bond acceptors (Lipinski definition) is 6. The van der Waals surface area contributed by atoms with Gasteiger partial charge < -0.3 is 19.7 Å². The molecule has 0 saturated heterocycles. The number of anilines is 1. The lowest BCUT2D eigenvalue weighted by atomic mass is 10.0. The van der Waals surface area contributed by atoms with Crippen molar-refractivity contribution in [1.29, 1.82) is 0 Å². The van der Waals surface area contributed by atoms with Gasteiger partial charge in [0.1, 0.15) is 12.6 Å². The van der Waals surface area contributed by atoms with Gasteiger partial charge in [-0.2, -0.15) is 0 Å². The van der Waals surface area contributed by atoms with Crippen LogP contribution in [0.2, 0.25) is 10.0 Å². The largest absolute Gasteiger partial charge is 0.454 e. The quantitative estimate of drug-likeness (QED) is 0.283. The summed E-state index contributed by atoms with van der Waals surface area (Å²) in [6.07, 6.45) is 0.922. The Morgan fingerprint density at radius 3 is 2.36 bits per heavy atom. The van der Waals surface area contributed by atoms with E-state index >= 15 is 0 Å². The van der Waals surface area contributed by atoms with Gasteiger partial charge in [-0.15, -0.1) is 0 Å². The molecule has 1 heterocycles. The summed E-state index contributed by atoms with van der Waals surface area (Å²) < 4.78 is 38.5. The van der Waals surface area contributed by atoms with Crippen LogP contribution in [0.3, 0.4) is 0 Å². The fourth-order valence-electron chi connectivity index (χ4n) is 4.51. The van der Waals surface area contributed by atoms with Crippen molar-refractivity contribution in [2.24, 2.45) is 0 Å². The highest BCUT2D eigenvalue weighted by Gasteiger charge is 2.34. The normalized spacial score (nSPS) is 13.0. The molecule has 2 amide bonds. The smallest absolute Gasteiger partial charge is 0.244 e. The molecule has 3 aromatic rings.